The highest BCUT2D eigenvalue weighted by molar-refractivity contribution is 9.10. The van der Waals surface area contributed by atoms with Gasteiger partial charge in [0.25, 0.3) is 0 Å². The van der Waals surface area contributed by atoms with Crippen LogP contribution in [0, 0.1) is 0 Å². The van der Waals surface area contributed by atoms with E-state index in [0.29, 0.717) is 35.5 Å². The first-order valence-electron chi connectivity index (χ1n) is 8.82. The van der Waals surface area contributed by atoms with Crippen molar-refractivity contribution in [2.75, 3.05) is 29.9 Å². The van der Waals surface area contributed by atoms with Crippen molar-refractivity contribution in [1.29, 1.82) is 0 Å². The van der Waals surface area contributed by atoms with Crippen molar-refractivity contribution >= 4 is 54.0 Å². The first-order chi connectivity index (χ1) is 13.4. The van der Waals surface area contributed by atoms with E-state index < -0.39 is 10.0 Å². The fourth-order valence-corrected chi connectivity index (χ4v) is 4.92. The van der Waals surface area contributed by atoms with Crippen LogP contribution in [0.2, 0.25) is 0 Å². The Labute approximate surface area is 172 Å². The molecule has 9 heteroatoms. The Bertz CT molecular complexity index is 1090. The van der Waals surface area contributed by atoms with Crippen molar-refractivity contribution in [3.63, 3.8) is 0 Å². The van der Waals surface area contributed by atoms with Gasteiger partial charge >= 0.3 is 0 Å². The van der Waals surface area contributed by atoms with Crippen LogP contribution in [-0.4, -0.2) is 26.5 Å². The first-order valence-corrected chi connectivity index (χ1v) is 11.1. The maximum Gasteiger partial charge on any atom is 0.241 e. The summed E-state index contributed by atoms with van der Waals surface area (Å²) in [6, 6.07) is 14.4. The molecule has 3 aromatic rings. The number of benzene rings is 2. The normalized spacial score (nSPS) is 11.6. The van der Waals surface area contributed by atoms with Crippen molar-refractivity contribution in [3.8, 4) is 0 Å². The molecule has 0 radical (unpaired) electrons. The molecule has 0 amide bonds. The minimum absolute atomic E-state index is 0.236. The van der Waals surface area contributed by atoms with Gasteiger partial charge in [0.2, 0.25) is 10.0 Å². The number of halogens is 1. The number of rotatable bonds is 8. The maximum atomic E-state index is 12.3. The summed E-state index contributed by atoms with van der Waals surface area (Å²) in [5, 5.41) is 4.21. The summed E-state index contributed by atoms with van der Waals surface area (Å²) in [6.45, 7) is 0.981. The van der Waals surface area contributed by atoms with Crippen molar-refractivity contribution in [2.45, 2.75) is 17.7 Å². The molecule has 3 rings (SSSR count). The molecule has 0 fully saturated rings. The van der Waals surface area contributed by atoms with Gasteiger partial charge in [0.15, 0.2) is 0 Å². The number of anilines is 3. The number of sulfonamides is 1. The second-order valence-corrected chi connectivity index (χ2v) is 8.85. The van der Waals surface area contributed by atoms with E-state index >= 15 is 0 Å². The lowest BCUT2D eigenvalue weighted by atomic mass is 10.1. The lowest BCUT2D eigenvalue weighted by molar-refractivity contribution is 0.577. The maximum absolute atomic E-state index is 12.3. The molecule has 1 heterocycles. The highest BCUT2D eigenvalue weighted by atomic mass is 79.9. The fourth-order valence-electron chi connectivity index (χ4n) is 2.85. The van der Waals surface area contributed by atoms with Gasteiger partial charge in [0.05, 0.1) is 21.8 Å². The molecule has 0 bridgehead atoms. The smallest absolute Gasteiger partial charge is 0.241 e. The molecule has 6 N–H and O–H groups in total. The molecule has 0 unspecified atom stereocenters. The second kappa shape index (κ2) is 8.76. The summed E-state index contributed by atoms with van der Waals surface area (Å²) >= 11 is 3.27. The van der Waals surface area contributed by atoms with Gasteiger partial charge in [-0.3, -0.25) is 0 Å². The highest BCUT2D eigenvalue weighted by Gasteiger charge is 2.16. The van der Waals surface area contributed by atoms with Crippen LogP contribution in [0.15, 0.2) is 57.9 Å². The average Bonchev–Trinajstić information content (AvgIpc) is 2.67. The van der Waals surface area contributed by atoms with Crippen LogP contribution in [0.1, 0.15) is 12.8 Å². The Morgan fingerprint density at radius 3 is 2.43 bits per heavy atom. The minimum atomic E-state index is -3.53. The number of nitrogens with one attached hydrogen (secondary N) is 2. The van der Waals surface area contributed by atoms with Crippen LogP contribution in [0.25, 0.3) is 10.9 Å². The van der Waals surface area contributed by atoms with E-state index in [2.05, 4.69) is 31.0 Å². The molecule has 7 nitrogen and oxygen atoms in total. The fraction of sp³-hybridized carbons (Fsp3) is 0.211. The zero-order valence-electron chi connectivity index (χ0n) is 15.2. The Hall–Kier alpha value is -2.36. The van der Waals surface area contributed by atoms with Crippen LogP contribution in [0.4, 0.5) is 17.2 Å². The van der Waals surface area contributed by atoms with E-state index in [4.69, 9.17) is 11.5 Å². The van der Waals surface area contributed by atoms with Crippen LogP contribution in [0.5, 0.6) is 0 Å². The highest BCUT2D eigenvalue weighted by Crippen LogP contribution is 2.32. The SMILES string of the molecule is Nc1nc2ccccc2c(NCCCCNS(=O)(=O)c2ccccc2Br)c1N. The second-order valence-electron chi connectivity index (χ2n) is 6.26. The zero-order chi connectivity index (χ0) is 20.1. The molecule has 0 aliphatic heterocycles. The van der Waals surface area contributed by atoms with Crippen molar-refractivity contribution < 1.29 is 8.42 Å². The van der Waals surface area contributed by atoms with Gasteiger partial charge in [-0.15, -0.1) is 0 Å². The quantitative estimate of drug-likeness (QED) is 0.379. The number of para-hydroxylation sites is 1. The van der Waals surface area contributed by atoms with Crippen LogP contribution >= 0.6 is 15.9 Å². The predicted molar refractivity (Wildman–Crippen MR) is 118 cm³/mol. The number of unbranched alkanes of at least 4 members (excludes halogenated alkanes) is 1. The van der Waals surface area contributed by atoms with Gasteiger partial charge in [-0.05, 0) is 47.0 Å². The summed E-state index contributed by atoms with van der Waals surface area (Å²) in [7, 11) is -3.53. The van der Waals surface area contributed by atoms with Crippen molar-refractivity contribution in [2.24, 2.45) is 0 Å². The number of nitrogens with zero attached hydrogens (tertiary/aromatic N) is 1. The number of nitrogen functional groups attached to an aromatic ring is 2. The predicted octanol–water partition coefficient (Wildman–Crippen LogP) is 3.33. The summed E-state index contributed by atoms with van der Waals surface area (Å²) in [4.78, 5) is 4.52. The molecule has 1 aromatic heterocycles. The summed E-state index contributed by atoms with van der Waals surface area (Å²) < 4.78 is 27.9. The van der Waals surface area contributed by atoms with E-state index in [1.807, 2.05) is 24.3 Å². The lowest BCUT2D eigenvalue weighted by Gasteiger charge is -2.14. The van der Waals surface area contributed by atoms with Gasteiger partial charge in [0, 0.05) is 22.9 Å². The van der Waals surface area contributed by atoms with E-state index in [1.165, 1.54) is 0 Å². The molecular formula is C19H22BrN5O2S. The largest absolute Gasteiger partial charge is 0.394 e. The van der Waals surface area contributed by atoms with Crippen LogP contribution < -0.4 is 21.5 Å². The third-order valence-electron chi connectivity index (χ3n) is 4.28. The molecule has 0 aliphatic rings. The third kappa shape index (κ3) is 4.54. The van der Waals surface area contributed by atoms with Crippen molar-refractivity contribution in [1.82, 2.24) is 9.71 Å². The number of hydrogen-bond acceptors (Lipinski definition) is 6. The van der Waals surface area contributed by atoms with E-state index in [-0.39, 0.29) is 4.90 Å². The van der Waals surface area contributed by atoms with Gasteiger partial charge in [-0.25, -0.2) is 18.1 Å². The number of nitrogens with two attached hydrogens (primary N) is 2. The van der Waals surface area contributed by atoms with E-state index in [9.17, 15) is 8.42 Å². The molecule has 0 spiro atoms. The zero-order valence-corrected chi connectivity index (χ0v) is 17.6. The van der Waals surface area contributed by atoms with Gasteiger partial charge in [-0.2, -0.15) is 0 Å². The monoisotopic (exact) mass is 463 g/mol. The Kier molecular flexibility index (Phi) is 6.38. The van der Waals surface area contributed by atoms with Crippen LogP contribution in [0.3, 0.4) is 0 Å². The van der Waals surface area contributed by atoms with Gasteiger partial charge in [-0.1, -0.05) is 30.3 Å². The molecule has 0 saturated heterocycles. The molecule has 28 heavy (non-hydrogen) atoms. The lowest BCUT2D eigenvalue weighted by Crippen LogP contribution is -2.25. The first kappa shape index (κ1) is 20.4. The number of aromatic nitrogens is 1. The van der Waals surface area contributed by atoms with Gasteiger partial charge < -0.3 is 16.8 Å². The molecular weight excluding hydrogens is 442 g/mol. The third-order valence-corrected chi connectivity index (χ3v) is 6.76. The number of pyridine rings is 1. The van der Waals surface area contributed by atoms with E-state index in [1.54, 1.807) is 24.3 Å². The average molecular weight is 464 g/mol. The summed E-state index contributed by atoms with van der Waals surface area (Å²) in [5.74, 6) is 0.294. The molecule has 2 aromatic carbocycles. The standard InChI is InChI=1S/C19H22BrN5O2S/c20-14-8-2-4-10-16(14)28(26,27)24-12-6-5-11-23-18-13-7-1-3-9-15(13)25-19(22)17(18)21/h1-4,7-10,24H,5-6,11-12,21H2,(H3,22,23,25). The number of fused-ring (bicyclic) bond motifs is 1. The van der Waals surface area contributed by atoms with Crippen molar-refractivity contribution in [3.05, 3.63) is 53.0 Å². The topological polar surface area (TPSA) is 123 Å². The minimum Gasteiger partial charge on any atom is -0.394 e. The molecule has 0 saturated carbocycles. The Balaban J connectivity index is 1.54. The Morgan fingerprint density at radius 2 is 1.64 bits per heavy atom. The van der Waals surface area contributed by atoms with E-state index in [0.717, 1.165) is 23.0 Å². The number of hydrogen-bond donors (Lipinski definition) is 4. The Morgan fingerprint density at radius 1 is 0.964 bits per heavy atom. The van der Waals surface area contributed by atoms with Gasteiger partial charge in [0.1, 0.15) is 5.82 Å². The molecule has 0 aliphatic carbocycles. The summed E-state index contributed by atoms with van der Waals surface area (Å²) in [6.07, 6.45) is 1.43. The molecule has 148 valence electrons. The van der Waals surface area contributed by atoms with Crippen LogP contribution in [-0.2, 0) is 10.0 Å². The summed E-state index contributed by atoms with van der Waals surface area (Å²) in [5.41, 5.74) is 13.9. The molecule has 0 atom stereocenters.